The molecule has 0 bridgehead atoms. The number of aromatic nitrogens is 2. The molecule has 9 aromatic rings. The van der Waals surface area contributed by atoms with Crippen molar-refractivity contribution in [3.63, 3.8) is 0 Å². The standard InChI is InChI=1S/C48H34N4P2S2/c55-53(33-14-3-1-4-15-33,34-16-5-2-6-17-34)46-25-13-21-40-47(46)39-20-9-10-22-42(39)51-45-27-26-36(32-41(45)50-48(40)51)54(56,35-28-30-49-31-29-35)52-43-23-11-7-18-37(43)38-19-8-12-24-44(38)52/h1-32,48,50H. The van der Waals surface area contributed by atoms with Gasteiger partial charge in [-0.15, -0.1) is 0 Å². The first-order chi connectivity index (χ1) is 27.6. The molecule has 56 heavy (non-hydrogen) atoms. The van der Waals surface area contributed by atoms with Crippen LogP contribution in [0.3, 0.4) is 0 Å². The molecular weight excluding hydrogens is 759 g/mol. The smallest absolute Gasteiger partial charge is 0.131 e. The lowest BCUT2D eigenvalue weighted by molar-refractivity contribution is 0.820. The summed E-state index contributed by atoms with van der Waals surface area (Å²) in [4.78, 5) is 6.87. The van der Waals surface area contributed by atoms with Crippen molar-refractivity contribution < 1.29 is 0 Å². The molecule has 2 aliphatic heterocycles. The summed E-state index contributed by atoms with van der Waals surface area (Å²) in [7, 11) is 0. The summed E-state index contributed by atoms with van der Waals surface area (Å²) in [6, 6.07) is 62.9. The molecule has 2 atom stereocenters. The van der Waals surface area contributed by atoms with Gasteiger partial charge in [0.25, 0.3) is 0 Å². The minimum atomic E-state index is -2.68. The fourth-order valence-corrected chi connectivity index (χ4v) is 17.1. The summed E-state index contributed by atoms with van der Waals surface area (Å²) in [5.74, 6) is 0. The fourth-order valence-electron chi connectivity index (χ4n) is 8.95. The summed E-state index contributed by atoms with van der Waals surface area (Å²) >= 11 is 14.1. The Morgan fingerprint density at radius 1 is 0.518 bits per heavy atom. The SMILES string of the molecule is S=P(c1ccccc1)(c1ccccc1)c1cccc2c1-c1ccccc1N1c3ccc(P(=S)(c4ccncc4)n4c5ccccc5c5ccccc54)cc3NC21. The van der Waals surface area contributed by atoms with Crippen molar-refractivity contribution in [2.45, 2.75) is 6.17 Å². The first kappa shape index (κ1) is 33.7. The van der Waals surface area contributed by atoms with Gasteiger partial charge in [0, 0.05) is 56.2 Å². The molecule has 0 fully saturated rings. The van der Waals surface area contributed by atoms with E-state index in [4.69, 9.17) is 23.6 Å². The van der Waals surface area contributed by atoms with Gasteiger partial charge in [0.05, 0.1) is 34.3 Å². The van der Waals surface area contributed by atoms with E-state index in [1.807, 2.05) is 12.4 Å². The highest BCUT2D eigenvalue weighted by molar-refractivity contribution is 8.25. The van der Waals surface area contributed by atoms with E-state index in [9.17, 15) is 0 Å². The van der Waals surface area contributed by atoms with E-state index in [2.05, 4.69) is 202 Å². The third kappa shape index (κ3) is 4.80. The van der Waals surface area contributed by atoms with E-state index < -0.39 is 12.2 Å². The highest BCUT2D eigenvalue weighted by atomic mass is 32.4. The van der Waals surface area contributed by atoms with Crippen LogP contribution in [-0.2, 0) is 23.6 Å². The average molecular weight is 793 g/mol. The van der Waals surface area contributed by atoms with E-state index in [1.165, 1.54) is 43.4 Å². The molecule has 268 valence electrons. The molecule has 4 nitrogen and oxygen atoms in total. The Kier molecular flexibility index (Phi) is 7.81. The third-order valence-electron chi connectivity index (χ3n) is 11.4. The van der Waals surface area contributed by atoms with Crippen LogP contribution < -0.4 is 36.7 Å². The lowest BCUT2D eigenvalue weighted by Crippen LogP contribution is -2.32. The highest BCUT2D eigenvalue weighted by Crippen LogP contribution is 2.58. The van der Waals surface area contributed by atoms with Gasteiger partial charge in [0.2, 0.25) is 0 Å². The number of nitrogens with one attached hydrogen (secondary N) is 1. The molecule has 11 rings (SSSR count). The first-order valence-electron chi connectivity index (χ1n) is 18.7. The lowest BCUT2D eigenvalue weighted by Gasteiger charge is -2.38. The molecular formula is C48H34N4P2S2. The number of para-hydroxylation sites is 3. The third-order valence-corrected chi connectivity index (χ3v) is 21.1. The number of anilines is 3. The van der Waals surface area contributed by atoms with E-state index in [-0.39, 0.29) is 6.17 Å². The number of hydrogen-bond donors (Lipinski definition) is 1. The molecule has 0 radical (unpaired) electrons. The molecule has 2 aromatic heterocycles. The zero-order valence-electron chi connectivity index (χ0n) is 30.1. The van der Waals surface area contributed by atoms with Crippen LogP contribution in [-0.4, -0.2) is 9.32 Å². The predicted molar refractivity (Wildman–Crippen MR) is 246 cm³/mol. The van der Waals surface area contributed by atoms with Crippen LogP contribution in [0.2, 0.25) is 0 Å². The van der Waals surface area contributed by atoms with Crippen LogP contribution in [0.1, 0.15) is 11.7 Å². The Hall–Kier alpha value is -5.61. The maximum absolute atomic E-state index is 7.08. The zero-order chi connectivity index (χ0) is 37.4. The predicted octanol–water partition coefficient (Wildman–Crippen LogP) is 10.1. The van der Waals surface area contributed by atoms with Crippen LogP contribution in [0.15, 0.2) is 194 Å². The van der Waals surface area contributed by atoms with E-state index in [0.717, 1.165) is 38.7 Å². The number of rotatable bonds is 6. The van der Waals surface area contributed by atoms with Crippen LogP contribution in [0.4, 0.5) is 17.1 Å². The normalized spacial score (nSPS) is 15.4. The van der Waals surface area contributed by atoms with Gasteiger partial charge < -0.3 is 14.6 Å². The van der Waals surface area contributed by atoms with Gasteiger partial charge in [-0.1, -0.05) is 157 Å². The Morgan fingerprint density at radius 3 is 1.80 bits per heavy atom. The summed E-state index contributed by atoms with van der Waals surface area (Å²) in [5.41, 5.74) is 9.28. The van der Waals surface area contributed by atoms with Crippen molar-refractivity contribution in [1.82, 2.24) is 9.32 Å². The maximum atomic E-state index is 7.08. The topological polar surface area (TPSA) is 33.1 Å². The van der Waals surface area contributed by atoms with E-state index >= 15 is 0 Å². The second-order valence-electron chi connectivity index (χ2n) is 14.3. The maximum Gasteiger partial charge on any atom is 0.131 e. The largest absolute Gasteiger partial charge is 0.359 e. The number of nitrogens with zero attached hydrogens (tertiary/aromatic N) is 3. The van der Waals surface area contributed by atoms with Gasteiger partial charge in [0.1, 0.15) is 6.17 Å². The molecule has 8 heteroatoms. The second kappa shape index (κ2) is 13.0. The summed E-state index contributed by atoms with van der Waals surface area (Å²) < 4.78 is 2.45. The van der Waals surface area contributed by atoms with Crippen molar-refractivity contribution in [2.24, 2.45) is 0 Å². The molecule has 0 spiro atoms. The highest BCUT2D eigenvalue weighted by Gasteiger charge is 2.41. The van der Waals surface area contributed by atoms with Gasteiger partial charge >= 0.3 is 0 Å². The van der Waals surface area contributed by atoms with Crippen LogP contribution in [0.5, 0.6) is 0 Å². The summed E-state index contributed by atoms with van der Waals surface area (Å²) in [6.45, 7) is 0. The van der Waals surface area contributed by atoms with Gasteiger partial charge in [0.15, 0.2) is 0 Å². The van der Waals surface area contributed by atoms with Crippen molar-refractivity contribution in [2.75, 3.05) is 10.2 Å². The number of benzene rings is 7. The average Bonchev–Trinajstić information content (AvgIpc) is 3.83. The van der Waals surface area contributed by atoms with E-state index in [0.29, 0.717) is 0 Å². The van der Waals surface area contributed by atoms with Gasteiger partial charge in [-0.05, 0) is 64.7 Å². The monoisotopic (exact) mass is 792 g/mol. The minimum Gasteiger partial charge on any atom is -0.359 e. The Bertz CT molecular complexity index is 3000. The Balaban J connectivity index is 1.12. The molecule has 0 saturated heterocycles. The van der Waals surface area contributed by atoms with Crippen LogP contribution in [0.25, 0.3) is 32.9 Å². The van der Waals surface area contributed by atoms with Gasteiger partial charge in [-0.3, -0.25) is 4.98 Å². The zero-order valence-corrected chi connectivity index (χ0v) is 33.5. The minimum absolute atomic E-state index is 0.132. The molecule has 7 aromatic carbocycles. The van der Waals surface area contributed by atoms with Crippen molar-refractivity contribution >= 4 is 101 Å². The fraction of sp³-hybridized carbons (Fsp3) is 0.0208. The number of fused-ring (bicyclic) bond motifs is 11. The molecule has 4 heterocycles. The Morgan fingerprint density at radius 2 is 1.12 bits per heavy atom. The second-order valence-corrected chi connectivity index (χ2v) is 22.8. The van der Waals surface area contributed by atoms with Crippen molar-refractivity contribution in [3.05, 3.63) is 200 Å². The molecule has 0 amide bonds. The van der Waals surface area contributed by atoms with Crippen molar-refractivity contribution in [1.29, 1.82) is 0 Å². The summed E-state index contributed by atoms with van der Waals surface area (Å²) in [6.07, 6.45) is 0.926. The Labute approximate surface area is 336 Å². The molecule has 2 unspecified atom stereocenters. The quantitative estimate of drug-likeness (QED) is 0.170. The van der Waals surface area contributed by atoms with Crippen LogP contribution in [0, 0.1) is 0 Å². The summed E-state index contributed by atoms with van der Waals surface area (Å²) in [5, 5.41) is 12.2. The first-order valence-corrected chi connectivity index (χ1v) is 24.3. The van der Waals surface area contributed by atoms with Gasteiger partial charge in [-0.25, -0.2) is 0 Å². The molecule has 0 aliphatic carbocycles. The molecule has 2 aliphatic rings. The number of hydrogen-bond acceptors (Lipinski definition) is 5. The van der Waals surface area contributed by atoms with E-state index in [1.54, 1.807) is 0 Å². The van der Waals surface area contributed by atoms with Crippen LogP contribution >= 0.6 is 12.2 Å². The van der Waals surface area contributed by atoms with Crippen molar-refractivity contribution in [3.8, 4) is 11.1 Å². The molecule has 0 saturated carbocycles. The van der Waals surface area contributed by atoms with Gasteiger partial charge in [-0.2, -0.15) is 0 Å². The number of pyridine rings is 1. The molecule has 1 N–H and O–H groups in total. The lowest BCUT2D eigenvalue weighted by atomic mass is 9.91.